The van der Waals surface area contributed by atoms with Crippen LogP contribution in [0, 0.1) is 10.5 Å². The standard InChI is InChI=1S/C21H17IN2O4S/c1-15-9-11-19(12-10-15)29(26,27)28-20-8-3-2-5-17(20)14-23-24-21(25)16-6-4-7-18(22)13-16/h2-14H,1H3,(H,24,25)/b23-14-. The van der Waals surface area contributed by atoms with Crippen LogP contribution in [-0.2, 0) is 10.1 Å². The molecule has 0 bridgehead atoms. The number of benzene rings is 3. The fraction of sp³-hybridized carbons (Fsp3) is 0.0476. The molecule has 0 saturated carbocycles. The van der Waals surface area contributed by atoms with Gasteiger partial charge in [0.25, 0.3) is 5.91 Å². The van der Waals surface area contributed by atoms with Crippen LogP contribution in [-0.4, -0.2) is 20.5 Å². The van der Waals surface area contributed by atoms with Crippen molar-refractivity contribution in [3.63, 3.8) is 0 Å². The summed E-state index contributed by atoms with van der Waals surface area (Å²) in [5, 5.41) is 3.92. The number of nitrogens with zero attached hydrogens (tertiary/aromatic N) is 1. The summed E-state index contributed by atoms with van der Waals surface area (Å²) < 4.78 is 31.3. The Bertz CT molecular complexity index is 1160. The van der Waals surface area contributed by atoms with E-state index in [1.165, 1.54) is 24.4 Å². The molecule has 0 saturated heterocycles. The summed E-state index contributed by atoms with van der Waals surface area (Å²) in [5.41, 5.74) is 4.25. The van der Waals surface area contributed by atoms with Crippen molar-refractivity contribution in [2.75, 3.05) is 0 Å². The Morgan fingerprint density at radius 3 is 2.48 bits per heavy atom. The predicted octanol–water partition coefficient (Wildman–Crippen LogP) is 4.13. The Morgan fingerprint density at radius 2 is 1.76 bits per heavy atom. The highest BCUT2D eigenvalue weighted by molar-refractivity contribution is 14.1. The molecule has 0 radical (unpaired) electrons. The molecule has 3 aromatic rings. The van der Waals surface area contributed by atoms with E-state index in [9.17, 15) is 13.2 Å². The normalized spacial score (nSPS) is 11.4. The number of hydrogen-bond donors (Lipinski definition) is 1. The molecule has 0 spiro atoms. The SMILES string of the molecule is Cc1ccc(S(=O)(=O)Oc2ccccc2/C=N\NC(=O)c2cccc(I)c2)cc1. The molecular weight excluding hydrogens is 503 g/mol. The monoisotopic (exact) mass is 520 g/mol. The summed E-state index contributed by atoms with van der Waals surface area (Å²) in [4.78, 5) is 12.2. The van der Waals surface area contributed by atoms with E-state index in [0.717, 1.165) is 9.13 Å². The quantitative estimate of drug-likeness (QED) is 0.229. The topological polar surface area (TPSA) is 84.8 Å². The molecule has 6 nitrogen and oxygen atoms in total. The maximum absolute atomic E-state index is 12.5. The molecule has 0 unspecified atom stereocenters. The van der Waals surface area contributed by atoms with Crippen LogP contribution in [0.3, 0.4) is 0 Å². The van der Waals surface area contributed by atoms with Crippen LogP contribution in [0.15, 0.2) is 82.8 Å². The van der Waals surface area contributed by atoms with Crippen molar-refractivity contribution in [1.82, 2.24) is 5.43 Å². The van der Waals surface area contributed by atoms with E-state index in [0.29, 0.717) is 11.1 Å². The smallest absolute Gasteiger partial charge is 0.339 e. The lowest BCUT2D eigenvalue weighted by Crippen LogP contribution is -2.17. The summed E-state index contributed by atoms with van der Waals surface area (Å²) in [6.07, 6.45) is 1.34. The minimum Gasteiger partial charge on any atom is -0.378 e. The van der Waals surface area contributed by atoms with Gasteiger partial charge in [-0.15, -0.1) is 0 Å². The average molecular weight is 520 g/mol. The maximum atomic E-state index is 12.5. The lowest BCUT2D eigenvalue weighted by molar-refractivity contribution is 0.0955. The molecule has 1 N–H and O–H groups in total. The van der Waals surface area contributed by atoms with Crippen molar-refractivity contribution in [3.8, 4) is 5.75 Å². The predicted molar refractivity (Wildman–Crippen MR) is 120 cm³/mol. The molecule has 148 valence electrons. The zero-order chi connectivity index (χ0) is 20.9. The molecule has 0 heterocycles. The van der Waals surface area contributed by atoms with E-state index in [1.54, 1.807) is 48.5 Å². The van der Waals surface area contributed by atoms with Gasteiger partial charge in [-0.3, -0.25) is 4.79 Å². The first kappa shape index (κ1) is 21.0. The fourth-order valence-electron chi connectivity index (χ4n) is 2.39. The number of amides is 1. The highest BCUT2D eigenvalue weighted by Crippen LogP contribution is 2.22. The lowest BCUT2D eigenvalue weighted by Gasteiger charge is -2.09. The van der Waals surface area contributed by atoms with Gasteiger partial charge in [-0.05, 0) is 72.0 Å². The second-order valence-corrected chi connectivity index (χ2v) is 8.89. The largest absolute Gasteiger partial charge is 0.378 e. The first-order valence-corrected chi connectivity index (χ1v) is 11.0. The molecule has 3 aromatic carbocycles. The minimum absolute atomic E-state index is 0.0572. The molecule has 0 fully saturated rings. The third kappa shape index (κ3) is 5.64. The third-order valence-electron chi connectivity index (χ3n) is 3.88. The lowest BCUT2D eigenvalue weighted by atomic mass is 10.2. The second-order valence-electron chi connectivity index (χ2n) is 6.10. The van der Waals surface area contributed by atoms with Crippen LogP contribution < -0.4 is 9.61 Å². The Labute approximate surface area is 182 Å². The Morgan fingerprint density at radius 1 is 1.03 bits per heavy atom. The van der Waals surface area contributed by atoms with E-state index in [4.69, 9.17) is 4.18 Å². The van der Waals surface area contributed by atoms with Crippen molar-refractivity contribution in [2.24, 2.45) is 5.10 Å². The van der Waals surface area contributed by atoms with Gasteiger partial charge in [0.1, 0.15) is 4.90 Å². The first-order valence-electron chi connectivity index (χ1n) is 8.54. The number of para-hydroxylation sites is 1. The molecule has 8 heteroatoms. The maximum Gasteiger partial charge on any atom is 0.339 e. The number of hydrazone groups is 1. The van der Waals surface area contributed by atoms with Gasteiger partial charge >= 0.3 is 10.1 Å². The number of aryl methyl sites for hydroxylation is 1. The number of carbonyl (C=O) groups is 1. The van der Waals surface area contributed by atoms with Gasteiger partial charge in [0.2, 0.25) is 0 Å². The number of carbonyl (C=O) groups excluding carboxylic acids is 1. The van der Waals surface area contributed by atoms with Gasteiger partial charge in [-0.25, -0.2) is 5.43 Å². The van der Waals surface area contributed by atoms with Crippen molar-refractivity contribution >= 4 is 44.8 Å². The Hall–Kier alpha value is -2.72. The van der Waals surface area contributed by atoms with Crippen LogP contribution in [0.25, 0.3) is 0 Å². The zero-order valence-electron chi connectivity index (χ0n) is 15.4. The number of halogens is 1. The zero-order valence-corrected chi connectivity index (χ0v) is 18.3. The van der Waals surface area contributed by atoms with Gasteiger partial charge in [-0.2, -0.15) is 13.5 Å². The highest BCUT2D eigenvalue weighted by atomic mass is 127. The molecule has 0 aliphatic heterocycles. The molecular formula is C21H17IN2O4S. The van der Waals surface area contributed by atoms with Crippen LogP contribution in [0.1, 0.15) is 21.5 Å². The van der Waals surface area contributed by atoms with E-state index < -0.39 is 10.1 Å². The summed E-state index contributed by atoms with van der Waals surface area (Å²) in [6.45, 7) is 1.87. The fourth-order valence-corrected chi connectivity index (χ4v) is 3.89. The van der Waals surface area contributed by atoms with E-state index in [-0.39, 0.29) is 16.6 Å². The second kappa shape index (κ2) is 9.19. The van der Waals surface area contributed by atoms with Gasteiger partial charge in [0.05, 0.1) is 6.21 Å². The van der Waals surface area contributed by atoms with Gasteiger partial charge < -0.3 is 4.18 Å². The van der Waals surface area contributed by atoms with Crippen LogP contribution in [0.2, 0.25) is 0 Å². The Balaban J connectivity index is 1.76. The van der Waals surface area contributed by atoms with Gasteiger partial charge in [0, 0.05) is 14.7 Å². The molecule has 1 amide bonds. The third-order valence-corrected chi connectivity index (χ3v) is 5.80. The first-order chi connectivity index (χ1) is 13.8. The van der Waals surface area contributed by atoms with Crippen molar-refractivity contribution < 1.29 is 17.4 Å². The van der Waals surface area contributed by atoms with E-state index >= 15 is 0 Å². The highest BCUT2D eigenvalue weighted by Gasteiger charge is 2.17. The molecule has 0 aliphatic carbocycles. The molecule has 3 rings (SSSR count). The van der Waals surface area contributed by atoms with Gasteiger partial charge in [0.15, 0.2) is 5.75 Å². The van der Waals surface area contributed by atoms with Crippen molar-refractivity contribution in [1.29, 1.82) is 0 Å². The molecule has 0 atom stereocenters. The van der Waals surface area contributed by atoms with Crippen LogP contribution in [0.4, 0.5) is 0 Å². The van der Waals surface area contributed by atoms with E-state index in [2.05, 4.69) is 33.1 Å². The van der Waals surface area contributed by atoms with Gasteiger partial charge in [-0.1, -0.05) is 35.9 Å². The number of hydrogen-bond acceptors (Lipinski definition) is 5. The summed E-state index contributed by atoms with van der Waals surface area (Å²) in [7, 11) is -3.99. The van der Waals surface area contributed by atoms with Crippen LogP contribution >= 0.6 is 22.6 Å². The van der Waals surface area contributed by atoms with E-state index in [1.807, 2.05) is 13.0 Å². The number of nitrogens with one attached hydrogen (secondary N) is 1. The summed E-state index contributed by atoms with van der Waals surface area (Å²) in [6, 6.07) is 20.0. The molecule has 0 aromatic heterocycles. The Kier molecular flexibility index (Phi) is 6.65. The van der Waals surface area contributed by atoms with Crippen LogP contribution in [0.5, 0.6) is 5.75 Å². The molecule has 0 aliphatic rings. The number of rotatable bonds is 6. The minimum atomic E-state index is -3.99. The van der Waals surface area contributed by atoms with Crippen molar-refractivity contribution in [2.45, 2.75) is 11.8 Å². The molecule has 29 heavy (non-hydrogen) atoms. The summed E-state index contributed by atoms with van der Waals surface area (Å²) in [5.74, 6) is -0.259. The summed E-state index contributed by atoms with van der Waals surface area (Å²) >= 11 is 2.12. The van der Waals surface area contributed by atoms with Crippen molar-refractivity contribution in [3.05, 3.63) is 93.1 Å². The average Bonchev–Trinajstić information content (AvgIpc) is 2.69.